The maximum absolute atomic E-state index is 13.9. The van der Waals surface area contributed by atoms with Gasteiger partial charge in [-0.3, -0.25) is 14.4 Å². The number of nitrogens with zero attached hydrogens (tertiary/aromatic N) is 3. The van der Waals surface area contributed by atoms with E-state index in [-0.39, 0.29) is 36.4 Å². The van der Waals surface area contributed by atoms with E-state index in [2.05, 4.69) is 25.9 Å². The van der Waals surface area contributed by atoms with Crippen LogP contribution in [-0.4, -0.2) is 50.4 Å². The number of alkyl halides is 5. The van der Waals surface area contributed by atoms with Crippen molar-refractivity contribution in [3.8, 4) is 0 Å². The second-order valence-electron chi connectivity index (χ2n) is 11.4. The summed E-state index contributed by atoms with van der Waals surface area (Å²) in [6, 6.07) is 1.32. The average Bonchev–Trinajstić information content (AvgIpc) is 3.63. The average molecular weight is 599 g/mol. The Bertz CT molecular complexity index is 1270. The molecule has 0 aliphatic heterocycles. The van der Waals surface area contributed by atoms with Gasteiger partial charge in [0.2, 0.25) is 17.7 Å². The molecule has 14 heteroatoms. The second-order valence-corrected chi connectivity index (χ2v) is 11.4. The molecule has 2 heterocycles. The van der Waals surface area contributed by atoms with Crippen LogP contribution in [0.5, 0.6) is 0 Å². The highest BCUT2D eigenvalue weighted by atomic mass is 19.4. The molecule has 3 amide bonds. The minimum Gasteiger partial charge on any atom is -0.349 e. The number of nitrogens with one attached hydrogen (secondary N) is 3. The lowest BCUT2D eigenvalue weighted by molar-refractivity contribution is -0.144. The highest BCUT2D eigenvalue weighted by Crippen LogP contribution is 2.42. The van der Waals surface area contributed by atoms with Crippen LogP contribution in [0.4, 0.5) is 27.8 Å². The number of amides is 3. The zero-order valence-corrected chi connectivity index (χ0v) is 23.4. The SMILES string of the molecule is CC(C)n1ccnc1C(=O)N[C@H](C(=O)Nc1cc(C(NC(=O)CCC(F)(F)F)C2CC2)ccn1)C1CCC(F)(F)CC1. The first-order chi connectivity index (χ1) is 19.7. The molecule has 4 rings (SSSR count). The number of hydrogen-bond acceptors (Lipinski definition) is 5. The number of hydrogen-bond donors (Lipinski definition) is 3. The van der Waals surface area contributed by atoms with Crippen molar-refractivity contribution in [3.05, 3.63) is 42.1 Å². The molecule has 2 atom stereocenters. The monoisotopic (exact) mass is 598 g/mol. The van der Waals surface area contributed by atoms with Crippen molar-refractivity contribution in [2.75, 3.05) is 5.32 Å². The van der Waals surface area contributed by atoms with Gasteiger partial charge < -0.3 is 20.5 Å². The van der Waals surface area contributed by atoms with Crippen molar-refractivity contribution in [1.82, 2.24) is 25.2 Å². The molecule has 9 nitrogen and oxygen atoms in total. The summed E-state index contributed by atoms with van der Waals surface area (Å²) in [5, 5.41) is 8.02. The highest BCUT2D eigenvalue weighted by Gasteiger charge is 2.41. The number of pyridine rings is 1. The van der Waals surface area contributed by atoms with Gasteiger partial charge in [0.05, 0.1) is 12.5 Å². The van der Waals surface area contributed by atoms with Crippen LogP contribution in [0.15, 0.2) is 30.7 Å². The summed E-state index contributed by atoms with van der Waals surface area (Å²) in [6.07, 6.45) is -1.12. The van der Waals surface area contributed by atoms with Gasteiger partial charge in [0.15, 0.2) is 5.82 Å². The molecule has 230 valence electrons. The lowest BCUT2D eigenvalue weighted by Gasteiger charge is -2.33. The number of aromatic nitrogens is 3. The molecular weight excluding hydrogens is 563 g/mol. The zero-order chi connectivity index (χ0) is 30.7. The fraction of sp³-hybridized carbons (Fsp3) is 0.607. The van der Waals surface area contributed by atoms with Gasteiger partial charge in [-0.15, -0.1) is 0 Å². The van der Waals surface area contributed by atoms with E-state index in [9.17, 15) is 36.3 Å². The third-order valence-electron chi connectivity index (χ3n) is 7.67. The van der Waals surface area contributed by atoms with Crippen LogP contribution in [0.2, 0.25) is 0 Å². The van der Waals surface area contributed by atoms with Crippen molar-refractivity contribution in [3.63, 3.8) is 0 Å². The van der Waals surface area contributed by atoms with Gasteiger partial charge in [-0.1, -0.05) is 0 Å². The van der Waals surface area contributed by atoms with Gasteiger partial charge in [0.25, 0.3) is 5.91 Å². The Morgan fingerprint density at radius 3 is 2.33 bits per heavy atom. The van der Waals surface area contributed by atoms with Gasteiger partial charge in [-0.2, -0.15) is 13.2 Å². The molecule has 1 unspecified atom stereocenters. The number of carbonyl (C=O) groups is 3. The first-order valence-corrected chi connectivity index (χ1v) is 14.1. The second kappa shape index (κ2) is 12.7. The third-order valence-corrected chi connectivity index (χ3v) is 7.67. The number of rotatable bonds is 11. The normalized spacial score (nSPS) is 18.8. The van der Waals surface area contributed by atoms with E-state index in [1.54, 1.807) is 16.8 Å². The molecule has 2 aliphatic rings. The maximum Gasteiger partial charge on any atom is 0.389 e. The summed E-state index contributed by atoms with van der Waals surface area (Å²) in [6.45, 7) is 3.72. The van der Waals surface area contributed by atoms with E-state index in [4.69, 9.17) is 0 Å². The van der Waals surface area contributed by atoms with Crippen LogP contribution in [0, 0.1) is 11.8 Å². The summed E-state index contributed by atoms with van der Waals surface area (Å²) in [4.78, 5) is 47.2. The number of imidazole rings is 1. The van der Waals surface area contributed by atoms with E-state index in [1.165, 1.54) is 18.5 Å². The smallest absolute Gasteiger partial charge is 0.349 e. The van der Waals surface area contributed by atoms with Crippen LogP contribution in [-0.2, 0) is 9.59 Å². The van der Waals surface area contributed by atoms with Crippen molar-refractivity contribution < 1.29 is 36.3 Å². The Kier molecular flexibility index (Phi) is 9.51. The van der Waals surface area contributed by atoms with E-state index in [0.29, 0.717) is 5.56 Å². The van der Waals surface area contributed by atoms with Crippen molar-refractivity contribution in [1.29, 1.82) is 0 Å². The van der Waals surface area contributed by atoms with Crippen LogP contribution in [0.25, 0.3) is 0 Å². The molecule has 3 N–H and O–H groups in total. The summed E-state index contributed by atoms with van der Waals surface area (Å²) in [5.41, 5.74) is 0.556. The first kappa shape index (κ1) is 31.4. The molecule has 2 fully saturated rings. The highest BCUT2D eigenvalue weighted by molar-refractivity contribution is 5.99. The van der Waals surface area contributed by atoms with E-state index < -0.39 is 73.5 Å². The molecule has 2 saturated carbocycles. The van der Waals surface area contributed by atoms with Gasteiger partial charge >= 0.3 is 6.18 Å². The molecule has 0 radical (unpaired) electrons. The predicted molar refractivity (Wildman–Crippen MR) is 143 cm³/mol. The molecule has 0 saturated heterocycles. The van der Waals surface area contributed by atoms with Crippen molar-refractivity contribution in [2.45, 2.75) is 95.4 Å². The molecule has 0 aromatic carbocycles. The lowest BCUT2D eigenvalue weighted by atomic mass is 9.81. The predicted octanol–water partition coefficient (Wildman–Crippen LogP) is 5.33. The Balaban J connectivity index is 1.50. The van der Waals surface area contributed by atoms with E-state index in [1.807, 2.05) is 13.8 Å². The summed E-state index contributed by atoms with van der Waals surface area (Å²) >= 11 is 0. The maximum atomic E-state index is 13.9. The molecule has 42 heavy (non-hydrogen) atoms. The molecule has 2 aromatic rings. The fourth-order valence-electron chi connectivity index (χ4n) is 5.22. The van der Waals surface area contributed by atoms with E-state index in [0.717, 1.165) is 12.8 Å². The number of halogens is 5. The fourth-order valence-corrected chi connectivity index (χ4v) is 5.22. The molecular formula is C28H35F5N6O3. The van der Waals surface area contributed by atoms with Crippen LogP contribution in [0.1, 0.15) is 93.5 Å². The summed E-state index contributed by atoms with van der Waals surface area (Å²) in [7, 11) is 0. The van der Waals surface area contributed by atoms with Gasteiger partial charge in [-0.25, -0.2) is 18.7 Å². The quantitative estimate of drug-likeness (QED) is 0.302. The minimum absolute atomic E-state index is 0.0190. The van der Waals surface area contributed by atoms with E-state index >= 15 is 0 Å². The molecule has 2 aromatic heterocycles. The van der Waals surface area contributed by atoms with Crippen LogP contribution >= 0.6 is 0 Å². The van der Waals surface area contributed by atoms with Gasteiger partial charge in [0, 0.05) is 43.9 Å². The standard InChI is InChI=1S/C28H35F5N6O3/c1-16(2)39-14-13-35-24(39)26(42)38-23(18-5-9-27(29,30)10-6-18)25(41)36-20-15-19(8-12-34-20)22(17-3-4-17)37-21(40)7-11-28(31,32)33/h8,12-18,22-23H,3-7,9-11H2,1-2H3,(H,37,40)(H,38,42)(H,34,36,41)/t22?,23-/m0/s1. The van der Waals surface area contributed by atoms with Crippen molar-refractivity contribution >= 4 is 23.5 Å². The Morgan fingerprint density at radius 2 is 1.71 bits per heavy atom. The van der Waals surface area contributed by atoms with Gasteiger partial charge in [0.1, 0.15) is 11.9 Å². The topological polar surface area (TPSA) is 118 Å². The van der Waals surface area contributed by atoms with Crippen LogP contribution < -0.4 is 16.0 Å². The van der Waals surface area contributed by atoms with Crippen LogP contribution in [0.3, 0.4) is 0 Å². The molecule has 0 bridgehead atoms. The Hall–Kier alpha value is -3.58. The Morgan fingerprint density at radius 1 is 1.02 bits per heavy atom. The molecule has 0 spiro atoms. The zero-order valence-electron chi connectivity index (χ0n) is 23.4. The number of anilines is 1. The summed E-state index contributed by atoms with van der Waals surface area (Å²) in [5.74, 6) is -5.20. The lowest BCUT2D eigenvalue weighted by Crippen LogP contribution is -2.50. The summed E-state index contributed by atoms with van der Waals surface area (Å²) < 4.78 is 67.2. The first-order valence-electron chi connectivity index (χ1n) is 14.1. The van der Waals surface area contributed by atoms with Gasteiger partial charge in [-0.05, 0) is 69.1 Å². The Labute approximate surface area is 240 Å². The minimum atomic E-state index is -4.45. The largest absolute Gasteiger partial charge is 0.389 e. The van der Waals surface area contributed by atoms with Crippen molar-refractivity contribution in [2.24, 2.45) is 11.8 Å². The number of carbonyl (C=O) groups excluding carboxylic acids is 3. The molecule has 2 aliphatic carbocycles. The third kappa shape index (κ3) is 8.48.